The Morgan fingerprint density at radius 3 is 2.90 bits per heavy atom. The molecule has 6 nitrogen and oxygen atoms in total. The van der Waals surface area contributed by atoms with Crippen molar-refractivity contribution in [2.45, 2.75) is 25.6 Å². The van der Waals surface area contributed by atoms with E-state index >= 15 is 0 Å². The number of nitrogens with one attached hydrogen (secondary N) is 2. The fourth-order valence-corrected chi connectivity index (χ4v) is 2.71. The predicted octanol–water partition coefficient (Wildman–Crippen LogP) is 0.510. The first-order chi connectivity index (χ1) is 9.47. The first-order valence-corrected chi connectivity index (χ1v) is 7.02. The molecule has 0 aliphatic heterocycles. The fourth-order valence-electron chi connectivity index (χ4n) is 1.92. The summed E-state index contributed by atoms with van der Waals surface area (Å²) in [7, 11) is 0. The van der Waals surface area contributed by atoms with Crippen molar-refractivity contribution >= 4 is 27.5 Å². The van der Waals surface area contributed by atoms with Gasteiger partial charge in [0.1, 0.15) is 6.10 Å². The summed E-state index contributed by atoms with van der Waals surface area (Å²) in [6.45, 7) is 1.69. The number of aliphatic hydroxyl groups excluding tert-OH is 2. The van der Waals surface area contributed by atoms with Crippen molar-refractivity contribution in [1.29, 1.82) is 0 Å². The van der Waals surface area contributed by atoms with Gasteiger partial charge in [0, 0.05) is 13.5 Å². The quantitative estimate of drug-likeness (QED) is 0.645. The molecule has 2 rings (SSSR count). The number of carbonyl (C=O) groups excluding carboxylic acids is 1. The largest absolute Gasteiger partial charge is 0.390 e. The Kier molecular flexibility index (Phi) is 4.53. The number of aromatic amines is 1. The number of amides is 1. The zero-order chi connectivity index (χ0) is 14.7. The summed E-state index contributed by atoms with van der Waals surface area (Å²) in [5.41, 5.74) is 1.26. The molecule has 0 radical (unpaired) electrons. The Hall–Kier alpha value is -1.70. The van der Waals surface area contributed by atoms with Crippen LogP contribution in [0.3, 0.4) is 0 Å². The number of benzene rings is 1. The first kappa shape index (κ1) is 14.7. The van der Waals surface area contributed by atoms with E-state index in [2.05, 4.69) is 10.3 Å². The number of hydrogen-bond acceptors (Lipinski definition) is 5. The van der Waals surface area contributed by atoms with Gasteiger partial charge in [0.15, 0.2) is 0 Å². The van der Waals surface area contributed by atoms with Crippen molar-refractivity contribution in [3.05, 3.63) is 33.4 Å². The van der Waals surface area contributed by atoms with Crippen LogP contribution in [0, 0.1) is 0 Å². The van der Waals surface area contributed by atoms with Crippen LogP contribution in [0.4, 0.5) is 0 Å². The summed E-state index contributed by atoms with van der Waals surface area (Å²) in [6.07, 6.45) is -1.78. The van der Waals surface area contributed by atoms with Crippen LogP contribution in [0.1, 0.15) is 25.0 Å². The highest BCUT2D eigenvalue weighted by atomic mass is 32.1. The Morgan fingerprint density at radius 1 is 1.45 bits per heavy atom. The lowest BCUT2D eigenvalue weighted by molar-refractivity contribution is -0.119. The number of hydrogen-bond donors (Lipinski definition) is 4. The molecule has 0 saturated carbocycles. The van der Waals surface area contributed by atoms with Gasteiger partial charge in [-0.1, -0.05) is 17.4 Å². The highest BCUT2D eigenvalue weighted by Gasteiger charge is 2.18. The molecule has 1 amide bonds. The Bertz CT molecular complexity index is 664. The predicted molar refractivity (Wildman–Crippen MR) is 76.7 cm³/mol. The maximum absolute atomic E-state index is 11.2. The third-order valence-electron chi connectivity index (χ3n) is 2.97. The van der Waals surface area contributed by atoms with Crippen molar-refractivity contribution in [1.82, 2.24) is 10.3 Å². The van der Waals surface area contributed by atoms with E-state index in [1.165, 1.54) is 6.92 Å². The van der Waals surface area contributed by atoms with E-state index in [-0.39, 0.29) is 17.2 Å². The van der Waals surface area contributed by atoms with Crippen LogP contribution in [0.15, 0.2) is 23.0 Å². The maximum atomic E-state index is 11.2. The van der Waals surface area contributed by atoms with Crippen molar-refractivity contribution in [3.8, 4) is 0 Å². The lowest BCUT2D eigenvalue weighted by Gasteiger charge is -2.18. The molecular weight excluding hydrogens is 280 g/mol. The molecule has 2 aromatic rings. The molecule has 20 heavy (non-hydrogen) atoms. The van der Waals surface area contributed by atoms with Crippen LogP contribution in [0.2, 0.25) is 0 Å². The van der Waals surface area contributed by atoms with Gasteiger partial charge in [0.2, 0.25) is 5.91 Å². The van der Waals surface area contributed by atoms with E-state index < -0.39 is 12.2 Å². The summed E-state index contributed by atoms with van der Waals surface area (Å²) >= 11 is 1.06. The van der Waals surface area contributed by atoms with Gasteiger partial charge in [-0.2, -0.15) is 0 Å². The number of H-pyrrole nitrogens is 1. The molecule has 2 atom stereocenters. The zero-order valence-electron chi connectivity index (χ0n) is 10.9. The van der Waals surface area contributed by atoms with Gasteiger partial charge in [0.05, 0.1) is 16.3 Å². The highest BCUT2D eigenvalue weighted by Crippen LogP contribution is 2.23. The summed E-state index contributed by atoms with van der Waals surface area (Å²) < 4.78 is 0.737. The van der Waals surface area contributed by atoms with Gasteiger partial charge in [-0.3, -0.25) is 9.59 Å². The zero-order valence-corrected chi connectivity index (χ0v) is 11.7. The Balaban J connectivity index is 2.07. The van der Waals surface area contributed by atoms with E-state index in [0.29, 0.717) is 17.6 Å². The number of carbonyl (C=O) groups is 1. The minimum atomic E-state index is -1.05. The molecule has 0 saturated heterocycles. The van der Waals surface area contributed by atoms with E-state index in [1.807, 2.05) is 0 Å². The maximum Gasteiger partial charge on any atom is 0.305 e. The lowest BCUT2D eigenvalue weighted by atomic mass is 10.0. The van der Waals surface area contributed by atoms with Crippen LogP contribution in [0.5, 0.6) is 0 Å². The smallest absolute Gasteiger partial charge is 0.305 e. The van der Waals surface area contributed by atoms with Gasteiger partial charge in [0.25, 0.3) is 0 Å². The fraction of sp³-hybridized carbons (Fsp3) is 0.385. The number of fused-ring (bicyclic) bond motifs is 1. The Morgan fingerprint density at radius 2 is 2.20 bits per heavy atom. The lowest BCUT2D eigenvalue weighted by Crippen LogP contribution is -2.27. The van der Waals surface area contributed by atoms with Crippen LogP contribution in [-0.2, 0) is 4.79 Å². The van der Waals surface area contributed by atoms with Crippen LogP contribution in [-0.4, -0.2) is 33.8 Å². The molecule has 2 unspecified atom stereocenters. The second kappa shape index (κ2) is 6.17. The number of rotatable bonds is 5. The molecule has 0 aliphatic rings. The standard InChI is InChI=1S/C13H16N2O4S/c1-7(16)14-5-4-10(17)12(18)8-2-3-9-11(6-8)20-13(19)15-9/h2-3,6,10,12,17-18H,4-5H2,1H3,(H,14,16)(H,15,19). The molecule has 1 heterocycles. The van der Waals surface area contributed by atoms with Crippen molar-refractivity contribution < 1.29 is 15.0 Å². The average Bonchev–Trinajstić information content (AvgIpc) is 2.76. The summed E-state index contributed by atoms with van der Waals surface area (Å²) in [6, 6.07) is 5.05. The molecule has 0 bridgehead atoms. The molecule has 1 aromatic heterocycles. The topological polar surface area (TPSA) is 102 Å². The van der Waals surface area contributed by atoms with Gasteiger partial charge in [-0.05, 0) is 24.1 Å². The third kappa shape index (κ3) is 3.44. The molecule has 4 N–H and O–H groups in total. The molecule has 108 valence electrons. The van der Waals surface area contributed by atoms with Crippen molar-refractivity contribution in [2.75, 3.05) is 6.54 Å². The third-order valence-corrected chi connectivity index (χ3v) is 3.81. The molecule has 0 fully saturated rings. The normalized spacial score (nSPS) is 14.2. The number of aliphatic hydroxyl groups is 2. The molecule has 0 aliphatic carbocycles. The monoisotopic (exact) mass is 296 g/mol. The summed E-state index contributed by atoms with van der Waals surface area (Å²) in [4.78, 5) is 24.5. The van der Waals surface area contributed by atoms with Crippen LogP contribution in [0.25, 0.3) is 10.2 Å². The SMILES string of the molecule is CC(=O)NCCC(O)C(O)c1ccc2[nH]c(=O)sc2c1. The average molecular weight is 296 g/mol. The van der Waals surface area contributed by atoms with Crippen LogP contribution < -0.4 is 10.2 Å². The highest BCUT2D eigenvalue weighted by molar-refractivity contribution is 7.16. The van der Waals surface area contributed by atoms with E-state index in [4.69, 9.17) is 0 Å². The second-order valence-electron chi connectivity index (χ2n) is 4.55. The Labute approximate surface area is 119 Å². The second-order valence-corrected chi connectivity index (χ2v) is 5.57. The summed E-state index contributed by atoms with van der Waals surface area (Å²) in [5.74, 6) is -0.176. The van der Waals surface area contributed by atoms with E-state index in [1.54, 1.807) is 18.2 Å². The van der Waals surface area contributed by atoms with Gasteiger partial charge < -0.3 is 20.5 Å². The van der Waals surface area contributed by atoms with E-state index in [0.717, 1.165) is 16.0 Å². The summed E-state index contributed by atoms with van der Waals surface area (Å²) in [5, 5.41) is 22.5. The number of aromatic nitrogens is 1. The molecule has 1 aromatic carbocycles. The number of thiazole rings is 1. The molecule has 0 spiro atoms. The van der Waals surface area contributed by atoms with Crippen LogP contribution >= 0.6 is 11.3 Å². The van der Waals surface area contributed by atoms with Crippen molar-refractivity contribution in [3.63, 3.8) is 0 Å². The minimum absolute atomic E-state index is 0.155. The molecular formula is C13H16N2O4S. The van der Waals surface area contributed by atoms with Gasteiger partial charge in [-0.15, -0.1) is 0 Å². The minimum Gasteiger partial charge on any atom is -0.390 e. The van der Waals surface area contributed by atoms with Gasteiger partial charge >= 0.3 is 4.87 Å². The van der Waals surface area contributed by atoms with E-state index in [9.17, 15) is 19.8 Å². The first-order valence-electron chi connectivity index (χ1n) is 6.20. The van der Waals surface area contributed by atoms with Gasteiger partial charge in [-0.25, -0.2) is 0 Å². The van der Waals surface area contributed by atoms with Crippen molar-refractivity contribution in [2.24, 2.45) is 0 Å². The molecule has 7 heteroatoms.